The molecule has 0 spiro atoms. The Bertz CT molecular complexity index is 399. The molecule has 0 amide bonds. The van der Waals surface area contributed by atoms with Gasteiger partial charge in [-0.25, -0.2) is 8.78 Å². The van der Waals surface area contributed by atoms with E-state index in [1.807, 2.05) is 6.07 Å². The van der Waals surface area contributed by atoms with Gasteiger partial charge in [0.25, 0.3) is 6.43 Å². The number of nitrogens with zero attached hydrogens (tertiary/aromatic N) is 1. The summed E-state index contributed by atoms with van der Waals surface area (Å²) in [6.45, 7) is 5.82. The molecule has 0 radical (unpaired) electrons. The molecule has 0 heterocycles. The number of benzene rings is 1. The minimum atomic E-state index is -2.46. The molecule has 20 heavy (non-hydrogen) atoms. The summed E-state index contributed by atoms with van der Waals surface area (Å²) in [5.74, 6) is 0. The van der Waals surface area contributed by atoms with Gasteiger partial charge in [-0.05, 0) is 25.5 Å². The van der Waals surface area contributed by atoms with E-state index in [1.165, 1.54) is 6.07 Å². The van der Waals surface area contributed by atoms with Crippen molar-refractivity contribution in [3.63, 3.8) is 0 Å². The predicted octanol–water partition coefficient (Wildman–Crippen LogP) is 2.98. The molecule has 1 unspecified atom stereocenters. The van der Waals surface area contributed by atoms with Gasteiger partial charge in [-0.2, -0.15) is 0 Å². The number of rotatable bonds is 8. The van der Waals surface area contributed by atoms with Crippen molar-refractivity contribution in [1.29, 1.82) is 0 Å². The summed E-state index contributed by atoms with van der Waals surface area (Å²) in [5.41, 5.74) is 6.74. The first kappa shape index (κ1) is 17.0. The van der Waals surface area contributed by atoms with Crippen molar-refractivity contribution in [2.24, 2.45) is 5.73 Å². The molecule has 0 aliphatic carbocycles. The van der Waals surface area contributed by atoms with Crippen molar-refractivity contribution in [2.75, 3.05) is 26.8 Å². The van der Waals surface area contributed by atoms with Crippen LogP contribution in [0.25, 0.3) is 0 Å². The standard InChI is InChI=1S/C15H24F2N2O/c1-11(2)19(7-8-20-3)14(10-18)12-5-4-6-13(9-12)15(16)17/h4-6,9,11,14-15H,7-8,10,18H2,1-3H3. The summed E-state index contributed by atoms with van der Waals surface area (Å²) in [5, 5.41) is 0. The quantitative estimate of drug-likeness (QED) is 0.798. The topological polar surface area (TPSA) is 38.5 Å². The first-order valence-corrected chi connectivity index (χ1v) is 6.84. The fraction of sp³-hybridized carbons (Fsp3) is 0.600. The smallest absolute Gasteiger partial charge is 0.263 e. The Balaban J connectivity index is 2.99. The molecule has 0 bridgehead atoms. The third-order valence-electron chi connectivity index (χ3n) is 3.39. The van der Waals surface area contributed by atoms with E-state index in [9.17, 15) is 8.78 Å². The second kappa shape index (κ2) is 8.29. The largest absolute Gasteiger partial charge is 0.383 e. The van der Waals surface area contributed by atoms with Crippen LogP contribution in [-0.4, -0.2) is 37.7 Å². The zero-order chi connectivity index (χ0) is 15.1. The van der Waals surface area contributed by atoms with E-state index in [1.54, 1.807) is 19.2 Å². The van der Waals surface area contributed by atoms with Crippen LogP contribution in [0, 0.1) is 0 Å². The Hall–Kier alpha value is -1.04. The summed E-state index contributed by atoms with van der Waals surface area (Å²) in [6.07, 6.45) is -2.46. The first-order valence-electron chi connectivity index (χ1n) is 6.84. The van der Waals surface area contributed by atoms with Crippen LogP contribution in [0.5, 0.6) is 0 Å². The van der Waals surface area contributed by atoms with Gasteiger partial charge in [0.15, 0.2) is 0 Å². The van der Waals surface area contributed by atoms with E-state index in [0.717, 1.165) is 12.1 Å². The van der Waals surface area contributed by atoms with Crippen LogP contribution < -0.4 is 5.73 Å². The van der Waals surface area contributed by atoms with Crippen molar-refractivity contribution >= 4 is 0 Å². The highest BCUT2D eigenvalue weighted by atomic mass is 19.3. The monoisotopic (exact) mass is 286 g/mol. The van der Waals surface area contributed by atoms with Gasteiger partial charge in [0.05, 0.1) is 6.61 Å². The average molecular weight is 286 g/mol. The van der Waals surface area contributed by atoms with Crippen LogP contribution in [-0.2, 0) is 4.74 Å². The van der Waals surface area contributed by atoms with Crippen LogP contribution in [0.4, 0.5) is 8.78 Å². The normalized spacial score (nSPS) is 13.4. The molecule has 0 fully saturated rings. The van der Waals surface area contributed by atoms with Crippen molar-refractivity contribution in [1.82, 2.24) is 4.90 Å². The van der Waals surface area contributed by atoms with Gasteiger partial charge in [-0.15, -0.1) is 0 Å². The number of hydrogen-bond donors (Lipinski definition) is 1. The fourth-order valence-electron chi connectivity index (χ4n) is 2.34. The minimum Gasteiger partial charge on any atom is -0.383 e. The highest BCUT2D eigenvalue weighted by Crippen LogP contribution is 2.26. The lowest BCUT2D eigenvalue weighted by Crippen LogP contribution is -2.40. The van der Waals surface area contributed by atoms with Crippen LogP contribution in [0.1, 0.15) is 37.4 Å². The summed E-state index contributed by atoms with van der Waals surface area (Å²) in [7, 11) is 1.65. The van der Waals surface area contributed by atoms with Crippen molar-refractivity contribution in [3.8, 4) is 0 Å². The van der Waals surface area contributed by atoms with Crippen molar-refractivity contribution < 1.29 is 13.5 Å². The zero-order valence-electron chi connectivity index (χ0n) is 12.4. The molecule has 1 aromatic rings. The maximum Gasteiger partial charge on any atom is 0.263 e. The molecule has 0 aliphatic heterocycles. The highest BCUT2D eigenvalue weighted by molar-refractivity contribution is 5.27. The molecule has 5 heteroatoms. The predicted molar refractivity (Wildman–Crippen MR) is 76.9 cm³/mol. The summed E-state index contributed by atoms with van der Waals surface area (Å²) >= 11 is 0. The van der Waals surface area contributed by atoms with Crippen LogP contribution in [0.2, 0.25) is 0 Å². The lowest BCUT2D eigenvalue weighted by molar-refractivity contribution is 0.0976. The Morgan fingerprint density at radius 3 is 2.40 bits per heavy atom. The Kier molecular flexibility index (Phi) is 7.05. The summed E-state index contributed by atoms with van der Waals surface area (Å²) < 4.78 is 30.7. The molecule has 1 rings (SSSR count). The molecule has 0 saturated heterocycles. The van der Waals surface area contributed by atoms with E-state index in [4.69, 9.17) is 10.5 Å². The summed E-state index contributed by atoms with van der Waals surface area (Å²) in [4.78, 5) is 2.17. The molecule has 3 nitrogen and oxygen atoms in total. The van der Waals surface area contributed by atoms with E-state index in [0.29, 0.717) is 13.2 Å². The SMILES string of the molecule is COCCN(C(C)C)C(CN)c1cccc(C(F)F)c1. The van der Waals surface area contributed by atoms with E-state index >= 15 is 0 Å². The van der Waals surface area contributed by atoms with Crippen molar-refractivity contribution in [3.05, 3.63) is 35.4 Å². The third kappa shape index (κ3) is 4.51. The maximum absolute atomic E-state index is 12.8. The maximum atomic E-state index is 12.8. The molecule has 1 aromatic carbocycles. The number of nitrogens with two attached hydrogens (primary N) is 1. The lowest BCUT2D eigenvalue weighted by Gasteiger charge is -2.34. The van der Waals surface area contributed by atoms with E-state index < -0.39 is 6.43 Å². The highest BCUT2D eigenvalue weighted by Gasteiger charge is 2.22. The Morgan fingerprint density at radius 1 is 1.25 bits per heavy atom. The number of alkyl halides is 2. The fourth-order valence-corrected chi connectivity index (χ4v) is 2.34. The average Bonchev–Trinajstić information content (AvgIpc) is 2.43. The van der Waals surface area contributed by atoms with Crippen LogP contribution in [0.15, 0.2) is 24.3 Å². The second-order valence-corrected chi connectivity index (χ2v) is 5.05. The molecule has 2 N–H and O–H groups in total. The van der Waals surface area contributed by atoms with Gasteiger partial charge in [-0.1, -0.05) is 18.2 Å². The molecular weight excluding hydrogens is 262 g/mol. The number of ether oxygens (including phenoxy) is 1. The third-order valence-corrected chi connectivity index (χ3v) is 3.39. The number of methoxy groups -OCH3 is 1. The van der Waals surface area contributed by atoms with E-state index in [-0.39, 0.29) is 17.6 Å². The van der Waals surface area contributed by atoms with E-state index in [2.05, 4.69) is 18.7 Å². The Morgan fingerprint density at radius 2 is 1.90 bits per heavy atom. The first-order chi connectivity index (χ1) is 9.51. The van der Waals surface area contributed by atoms with Crippen LogP contribution in [0.3, 0.4) is 0 Å². The Labute approximate surface area is 119 Å². The van der Waals surface area contributed by atoms with Crippen molar-refractivity contribution in [2.45, 2.75) is 32.4 Å². The number of hydrogen-bond acceptors (Lipinski definition) is 3. The van der Waals surface area contributed by atoms with Gasteiger partial charge in [0.2, 0.25) is 0 Å². The number of halogens is 2. The molecule has 0 aromatic heterocycles. The molecule has 114 valence electrons. The molecule has 1 atom stereocenters. The van der Waals surface area contributed by atoms with Gasteiger partial charge in [0, 0.05) is 37.8 Å². The van der Waals surface area contributed by atoms with Gasteiger partial charge < -0.3 is 10.5 Å². The van der Waals surface area contributed by atoms with Gasteiger partial charge in [0.1, 0.15) is 0 Å². The van der Waals surface area contributed by atoms with Gasteiger partial charge >= 0.3 is 0 Å². The molecular formula is C15H24F2N2O. The minimum absolute atomic E-state index is 0.0383. The van der Waals surface area contributed by atoms with Gasteiger partial charge in [-0.3, -0.25) is 4.90 Å². The zero-order valence-corrected chi connectivity index (χ0v) is 12.4. The molecule has 0 aliphatic rings. The van der Waals surface area contributed by atoms with Crippen LogP contribution >= 0.6 is 0 Å². The lowest BCUT2D eigenvalue weighted by atomic mass is 10.0. The molecule has 0 saturated carbocycles. The second-order valence-electron chi connectivity index (χ2n) is 5.05. The summed E-state index contributed by atoms with van der Waals surface area (Å²) in [6, 6.07) is 6.68.